The summed E-state index contributed by atoms with van der Waals surface area (Å²) >= 11 is 0. The van der Waals surface area contributed by atoms with Crippen molar-refractivity contribution >= 4 is 17.5 Å². The van der Waals surface area contributed by atoms with Gasteiger partial charge in [0, 0.05) is 23.9 Å². The smallest absolute Gasteiger partial charge is 0.254 e. The zero-order valence-corrected chi connectivity index (χ0v) is 16.3. The lowest BCUT2D eigenvalue weighted by molar-refractivity contribution is -0.116. The van der Waals surface area contributed by atoms with Crippen LogP contribution in [0.2, 0.25) is 0 Å². The van der Waals surface area contributed by atoms with E-state index < -0.39 is 0 Å². The maximum atomic E-state index is 12.6. The summed E-state index contributed by atoms with van der Waals surface area (Å²) in [5, 5.41) is 2.78. The monoisotopic (exact) mass is 374 g/mol. The van der Waals surface area contributed by atoms with Crippen molar-refractivity contribution in [3.05, 3.63) is 65.2 Å². The van der Waals surface area contributed by atoms with Gasteiger partial charge in [0.2, 0.25) is 5.91 Å². The molecule has 3 rings (SSSR count). The normalized spacial score (nSPS) is 14.1. The van der Waals surface area contributed by atoms with E-state index in [1.54, 1.807) is 31.3 Å². The number of hydrogen-bond donors (Lipinski definition) is 1. The Morgan fingerprint density at radius 3 is 2.50 bits per heavy atom. The van der Waals surface area contributed by atoms with Crippen LogP contribution in [0.15, 0.2) is 48.5 Å². The fraction of sp³-hybridized carbons (Fsp3) is 0.333. The van der Waals surface area contributed by atoms with Crippen molar-refractivity contribution in [3.8, 4) is 12.3 Å². The van der Waals surface area contributed by atoms with Gasteiger partial charge in [0.1, 0.15) is 0 Å². The van der Waals surface area contributed by atoms with E-state index in [0.717, 1.165) is 0 Å². The van der Waals surface area contributed by atoms with Crippen LogP contribution >= 0.6 is 0 Å². The molecule has 4 heteroatoms. The molecule has 2 aromatic carbocycles. The molecule has 0 radical (unpaired) electrons. The lowest BCUT2D eigenvalue weighted by Crippen LogP contribution is -2.34. The van der Waals surface area contributed by atoms with Gasteiger partial charge in [0.05, 0.1) is 6.54 Å². The Bertz CT molecular complexity index is 874. The molecule has 2 amide bonds. The zero-order chi connectivity index (χ0) is 19.9. The molecule has 4 nitrogen and oxygen atoms in total. The molecule has 0 heterocycles. The number of likely N-dealkylation sites (N-methyl/N-ethyl adjacent to an activating group) is 1. The molecule has 1 fully saturated rings. The van der Waals surface area contributed by atoms with E-state index in [4.69, 9.17) is 6.42 Å². The van der Waals surface area contributed by atoms with Crippen LogP contribution in [0.25, 0.3) is 0 Å². The third-order valence-corrected chi connectivity index (χ3v) is 5.27. The van der Waals surface area contributed by atoms with Gasteiger partial charge in [0.15, 0.2) is 0 Å². The van der Waals surface area contributed by atoms with Gasteiger partial charge >= 0.3 is 0 Å². The van der Waals surface area contributed by atoms with Gasteiger partial charge in [-0.2, -0.15) is 0 Å². The van der Waals surface area contributed by atoms with E-state index in [1.165, 1.54) is 42.6 Å². The van der Waals surface area contributed by atoms with Gasteiger partial charge < -0.3 is 10.2 Å². The van der Waals surface area contributed by atoms with Gasteiger partial charge in [-0.15, -0.1) is 6.42 Å². The highest BCUT2D eigenvalue weighted by Crippen LogP contribution is 2.32. The molecule has 1 aliphatic rings. The van der Waals surface area contributed by atoms with Crippen LogP contribution in [0, 0.1) is 12.3 Å². The van der Waals surface area contributed by atoms with E-state index >= 15 is 0 Å². The predicted octanol–water partition coefficient (Wildman–Crippen LogP) is 4.43. The Balaban J connectivity index is 1.57. The third-order valence-electron chi connectivity index (χ3n) is 5.27. The molecule has 1 saturated carbocycles. The summed E-state index contributed by atoms with van der Waals surface area (Å²) in [6.07, 6.45) is 11.7. The number of hydrogen-bond acceptors (Lipinski definition) is 2. The first-order chi connectivity index (χ1) is 13.6. The van der Waals surface area contributed by atoms with Crippen LogP contribution in [0.4, 0.5) is 5.69 Å². The molecular weight excluding hydrogens is 348 g/mol. The molecule has 1 aliphatic carbocycles. The van der Waals surface area contributed by atoms with Gasteiger partial charge in [0.25, 0.3) is 5.91 Å². The number of rotatable bonds is 5. The maximum absolute atomic E-state index is 12.6. The fourth-order valence-corrected chi connectivity index (χ4v) is 3.73. The first-order valence-corrected chi connectivity index (χ1v) is 9.79. The van der Waals surface area contributed by atoms with E-state index in [9.17, 15) is 9.59 Å². The second-order valence-corrected chi connectivity index (χ2v) is 7.39. The summed E-state index contributed by atoms with van der Waals surface area (Å²) in [6.45, 7) is -0.0243. The van der Waals surface area contributed by atoms with Crippen molar-refractivity contribution in [2.45, 2.75) is 38.0 Å². The Labute approximate surface area is 166 Å². The van der Waals surface area contributed by atoms with Crippen LogP contribution < -0.4 is 5.32 Å². The molecule has 0 unspecified atom stereocenters. The maximum Gasteiger partial charge on any atom is 0.254 e. The average molecular weight is 374 g/mol. The Hall–Kier alpha value is -3.06. The topological polar surface area (TPSA) is 49.4 Å². The molecule has 1 N–H and O–H groups in total. The average Bonchev–Trinajstić information content (AvgIpc) is 2.74. The summed E-state index contributed by atoms with van der Waals surface area (Å²) in [4.78, 5) is 26.3. The Morgan fingerprint density at radius 1 is 1.11 bits per heavy atom. The fourth-order valence-electron chi connectivity index (χ4n) is 3.73. The lowest BCUT2D eigenvalue weighted by Gasteiger charge is -2.22. The largest absolute Gasteiger partial charge is 0.332 e. The molecule has 0 saturated heterocycles. The molecule has 144 valence electrons. The summed E-state index contributed by atoms with van der Waals surface area (Å²) in [5.74, 6) is 2.72. The van der Waals surface area contributed by atoms with E-state index in [-0.39, 0.29) is 18.4 Å². The van der Waals surface area contributed by atoms with E-state index in [1.807, 2.05) is 12.1 Å². The molecular formula is C24H26N2O2. The van der Waals surface area contributed by atoms with Crippen molar-refractivity contribution < 1.29 is 9.59 Å². The van der Waals surface area contributed by atoms with Crippen molar-refractivity contribution in [1.82, 2.24) is 4.90 Å². The number of nitrogens with one attached hydrogen (secondary N) is 1. The quantitative estimate of drug-likeness (QED) is 0.787. The standard InChI is InChI=1S/C24H26N2O2/c1-3-18-8-7-11-22(16-18)25-23(27)17-26(2)24(28)21-14-12-20(13-15-21)19-9-5-4-6-10-19/h1,7-8,11-16,19H,4-6,9-10,17H2,2H3,(H,25,27). The second-order valence-electron chi connectivity index (χ2n) is 7.39. The zero-order valence-electron chi connectivity index (χ0n) is 16.3. The number of carbonyl (C=O) groups excluding carboxylic acids is 2. The van der Waals surface area contributed by atoms with Crippen LogP contribution in [0.3, 0.4) is 0 Å². The lowest BCUT2D eigenvalue weighted by atomic mass is 9.84. The van der Waals surface area contributed by atoms with Gasteiger partial charge in [-0.25, -0.2) is 0 Å². The summed E-state index contributed by atoms with van der Waals surface area (Å²) in [7, 11) is 1.63. The van der Waals surface area contributed by atoms with E-state index in [2.05, 4.69) is 23.4 Å². The van der Waals surface area contributed by atoms with Crippen LogP contribution in [-0.2, 0) is 4.79 Å². The van der Waals surface area contributed by atoms with Gasteiger partial charge in [-0.1, -0.05) is 43.4 Å². The summed E-state index contributed by atoms with van der Waals surface area (Å²) in [6, 6.07) is 14.9. The summed E-state index contributed by atoms with van der Waals surface area (Å²) in [5.41, 5.74) is 3.23. The minimum Gasteiger partial charge on any atom is -0.332 e. The first kappa shape index (κ1) is 19.7. The van der Waals surface area contributed by atoms with Crippen molar-refractivity contribution in [2.24, 2.45) is 0 Å². The second kappa shape index (κ2) is 9.23. The van der Waals surface area contributed by atoms with Crippen molar-refractivity contribution in [2.75, 3.05) is 18.9 Å². The SMILES string of the molecule is C#Cc1cccc(NC(=O)CN(C)C(=O)c2ccc(C3CCCCC3)cc2)c1. The number of anilines is 1. The Morgan fingerprint density at radius 2 is 1.82 bits per heavy atom. The predicted molar refractivity (Wildman–Crippen MR) is 112 cm³/mol. The number of carbonyl (C=O) groups is 2. The number of nitrogens with zero attached hydrogens (tertiary/aromatic N) is 1. The van der Waals surface area contributed by atoms with Crippen LogP contribution in [0.5, 0.6) is 0 Å². The summed E-state index contributed by atoms with van der Waals surface area (Å²) < 4.78 is 0. The van der Waals surface area contributed by atoms with Crippen LogP contribution in [-0.4, -0.2) is 30.3 Å². The van der Waals surface area contributed by atoms with Crippen molar-refractivity contribution in [1.29, 1.82) is 0 Å². The minimum absolute atomic E-state index is 0.0243. The molecule has 0 aliphatic heterocycles. The van der Waals surface area contributed by atoms with Gasteiger partial charge in [-0.3, -0.25) is 9.59 Å². The highest BCUT2D eigenvalue weighted by atomic mass is 16.2. The first-order valence-electron chi connectivity index (χ1n) is 9.79. The van der Waals surface area contributed by atoms with E-state index in [0.29, 0.717) is 22.7 Å². The number of amides is 2. The Kier molecular flexibility index (Phi) is 6.49. The minimum atomic E-state index is -0.260. The molecule has 0 spiro atoms. The number of benzene rings is 2. The molecule has 0 atom stereocenters. The molecule has 0 aromatic heterocycles. The number of terminal acetylenes is 1. The highest BCUT2D eigenvalue weighted by molar-refractivity contribution is 5.99. The van der Waals surface area contributed by atoms with Gasteiger partial charge in [-0.05, 0) is 54.7 Å². The van der Waals surface area contributed by atoms with Crippen molar-refractivity contribution in [3.63, 3.8) is 0 Å². The molecule has 28 heavy (non-hydrogen) atoms. The highest BCUT2D eigenvalue weighted by Gasteiger charge is 2.18. The van der Waals surface area contributed by atoms with Crippen LogP contribution in [0.1, 0.15) is 59.5 Å². The molecule has 0 bridgehead atoms. The third kappa shape index (κ3) is 5.01. The molecule has 2 aromatic rings.